The average molecular weight is 297 g/mol. The molecule has 0 unspecified atom stereocenters. The number of hydrogen-bond acceptors (Lipinski definition) is 4. The summed E-state index contributed by atoms with van der Waals surface area (Å²) in [6.45, 7) is 0.0622. The highest BCUT2D eigenvalue weighted by Crippen LogP contribution is 2.23. The molecule has 0 saturated carbocycles. The highest BCUT2D eigenvalue weighted by Gasteiger charge is 2.12. The van der Waals surface area contributed by atoms with Crippen molar-refractivity contribution in [3.8, 4) is 6.07 Å². The molecule has 1 heterocycles. The molecule has 0 spiro atoms. The monoisotopic (exact) mass is 297 g/mol. The van der Waals surface area contributed by atoms with Crippen LogP contribution in [0.4, 0.5) is 0 Å². The first kappa shape index (κ1) is 15.3. The fourth-order valence-electron chi connectivity index (χ4n) is 2.16. The van der Waals surface area contributed by atoms with Crippen LogP contribution < -0.4 is 5.32 Å². The van der Waals surface area contributed by atoms with Crippen LogP contribution in [0.5, 0.6) is 0 Å². The van der Waals surface area contributed by atoms with Crippen molar-refractivity contribution in [3.05, 3.63) is 41.6 Å². The van der Waals surface area contributed by atoms with Crippen LogP contribution in [0.25, 0.3) is 17.0 Å². The van der Waals surface area contributed by atoms with Gasteiger partial charge in [0, 0.05) is 29.7 Å². The molecule has 2 aromatic rings. The smallest absolute Gasteiger partial charge is 0.325 e. The largest absolute Gasteiger partial charge is 0.468 e. The highest BCUT2D eigenvalue weighted by atomic mass is 16.5. The number of aromatic nitrogens is 1. The Labute approximate surface area is 127 Å². The zero-order valence-electron chi connectivity index (χ0n) is 12.3. The van der Waals surface area contributed by atoms with Crippen molar-refractivity contribution < 1.29 is 14.3 Å². The lowest BCUT2D eigenvalue weighted by molar-refractivity contribution is -0.141. The minimum atomic E-state index is -0.452. The van der Waals surface area contributed by atoms with Crippen LogP contribution >= 0.6 is 0 Å². The van der Waals surface area contributed by atoms with Crippen molar-refractivity contribution in [1.82, 2.24) is 9.88 Å². The number of esters is 1. The topological polar surface area (TPSA) is 84.1 Å². The van der Waals surface area contributed by atoms with E-state index in [1.807, 2.05) is 30.3 Å². The van der Waals surface area contributed by atoms with Gasteiger partial charge >= 0.3 is 5.97 Å². The van der Waals surface area contributed by atoms with Crippen LogP contribution in [0, 0.1) is 11.3 Å². The van der Waals surface area contributed by atoms with E-state index in [-0.39, 0.29) is 18.1 Å². The van der Waals surface area contributed by atoms with E-state index in [9.17, 15) is 9.59 Å². The van der Waals surface area contributed by atoms with E-state index in [1.54, 1.807) is 10.8 Å². The van der Waals surface area contributed by atoms with E-state index in [4.69, 9.17) is 5.26 Å². The van der Waals surface area contributed by atoms with Gasteiger partial charge in [-0.3, -0.25) is 9.59 Å². The van der Waals surface area contributed by atoms with E-state index in [0.717, 1.165) is 10.9 Å². The summed E-state index contributed by atoms with van der Waals surface area (Å²) < 4.78 is 6.41. The summed E-state index contributed by atoms with van der Waals surface area (Å²) in [5.74, 6) is -0.824. The third-order valence-corrected chi connectivity index (χ3v) is 3.24. The number of hydrogen-bond donors (Lipinski definition) is 1. The van der Waals surface area contributed by atoms with E-state index in [0.29, 0.717) is 5.56 Å². The first-order valence-corrected chi connectivity index (χ1v) is 6.59. The van der Waals surface area contributed by atoms with Gasteiger partial charge in [-0.2, -0.15) is 5.26 Å². The van der Waals surface area contributed by atoms with Crippen LogP contribution in [-0.2, 0) is 20.9 Å². The molecule has 0 aliphatic rings. The van der Waals surface area contributed by atoms with Crippen LogP contribution in [-0.4, -0.2) is 30.6 Å². The minimum Gasteiger partial charge on any atom is -0.468 e. The second-order valence-corrected chi connectivity index (χ2v) is 4.55. The normalized spacial score (nSPS) is 11.0. The maximum atomic E-state index is 11.6. The minimum absolute atomic E-state index is 0.00321. The SMILES string of the molecule is CNC(=O)/C(C#N)=C/c1cn(CC(=O)OC)c2ccccc12. The molecular formula is C16H15N3O3. The van der Waals surface area contributed by atoms with Crippen LogP contribution in [0.3, 0.4) is 0 Å². The zero-order chi connectivity index (χ0) is 16.1. The van der Waals surface area contributed by atoms with Crippen molar-refractivity contribution in [1.29, 1.82) is 5.26 Å². The zero-order valence-corrected chi connectivity index (χ0v) is 12.3. The third-order valence-electron chi connectivity index (χ3n) is 3.24. The quantitative estimate of drug-likeness (QED) is 0.526. The van der Waals surface area contributed by atoms with Gasteiger partial charge in [-0.1, -0.05) is 18.2 Å². The van der Waals surface area contributed by atoms with Crippen molar-refractivity contribution in [3.63, 3.8) is 0 Å². The summed E-state index contributed by atoms with van der Waals surface area (Å²) in [7, 11) is 2.79. The molecule has 0 atom stereocenters. The number of nitrogens with zero attached hydrogens (tertiary/aromatic N) is 2. The number of fused-ring (bicyclic) bond motifs is 1. The molecule has 112 valence electrons. The summed E-state index contributed by atoms with van der Waals surface area (Å²) in [5, 5.41) is 12.4. The maximum absolute atomic E-state index is 11.6. The molecule has 6 nitrogen and oxygen atoms in total. The van der Waals surface area contributed by atoms with Crippen LogP contribution in [0.1, 0.15) is 5.56 Å². The number of nitrogens with one attached hydrogen (secondary N) is 1. The number of carbonyl (C=O) groups is 2. The molecule has 1 aromatic heterocycles. The Morgan fingerprint density at radius 1 is 1.41 bits per heavy atom. The third kappa shape index (κ3) is 2.99. The summed E-state index contributed by atoms with van der Waals surface area (Å²) in [6.07, 6.45) is 3.23. The number of likely N-dealkylation sites (N-methyl/N-ethyl adjacent to an activating group) is 1. The molecular weight excluding hydrogens is 282 g/mol. The summed E-state index contributed by atoms with van der Waals surface area (Å²) in [6, 6.07) is 9.32. The fourth-order valence-corrected chi connectivity index (χ4v) is 2.16. The number of nitriles is 1. The standard InChI is InChI=1S/C16H15N3O3/c1-18-16(21)11(8-17)7-12-9-19(10-15(20)22-2)14-6-4-3-5-13(12)14/h3-7,9H,10H2,1-2H3,(H,18,21)/b11-7+. The summed E-state index contributed by atoms with van der Waals surface area (Å²) in [4.78, 5) is 23.1. The number of para-hydroxylation sites is 1. The van der Waals surface area contributed by atoms with Gasteiger partial charge in [0.05, 0.1) is 7.11 Å². The number of ether oxygens (including phenoxy) is 1. The number of amides is 1. The van der Waals surface area contributed by atoms with Crippen molar-refractivity contribution >= 4 is 28.9 Å². The number of benzene rings is 1. The molecule has 1 aromatic carbocycles. The Hall–Kier alpha value is -3.07. The number of methoxy groups -OCH3 is 1. The van der Waals surface area contributed by atoms with Gasteiger partial charge in [0.25, 0.3) is 5.91 Å². The fraction of sp³-hybridized carbons (Fsp3) is 0.188. The average Bonchev–Trinajstić information content (AvgIpc) is 2.89. The first-order valence-electron chi connectivity index (χ1n) is 6.59. The van der Waals surface area contributed by atoms with Crippen molar-refractivity contribution in [2.75, 3.05) is 14.2 Å². The van der Waals surface area contributed by atoms with Crippen LogP contribution in [0.2, 0.25) is 0 Å². The Bertz CT molecular complexity index is 797. The number of carbonyl (C=O) groups excluding carboxylic acids is 2. The highest BCUT2D eigenvalue weighted by molar-refractivity contribution is 6.04. The second-order valence-electron chi connectivity index (χ2n) is 4.55. The first-order chi connectivity index (χ1) is 10.6. The predicted octanol–water partition coefficient (Wildman–Crippen LogP) is 1.47. The van der Waals surface area contributed by atoms with E-state index < -0.39 is 5.91 Å². The summed E-state index contributed by atoms with van der Waals surface area (Å²) in [5.41, 5.74) is 1.52. The molecule has 1 N–H and O–H groups in total. The van der Waals surface area contributed by atoms with Crippen molar-refractivity contribution in [2.24, 2.45) is 0 Å². The van der Waals surface area contributed by atoms with E-state index >= 15 is 0 Å². The lowest BCUT2D eigenvalue weighted by Gasteiger charge is -2.02. The molecule has 0 aliphatic carbocycles. The molecule has 6 heteroatoms. The molecule has 22 heavy (non-hydrogen) atoms. The molecule has 0 bridgehead atoms. The molecule has 0 radical (unpaired) electrons. The van der Waals surface area contributed by atoms with Crippen LogP contribution in [0.15, 0.2) is 36.0 Å². The lowest BCUT2D eigenvalue weighted by atomic mass is 10.1. The second kappa shape index (κ2) is 6.59. The van der Waals surface area contributed by atoms with E-state index in [1.165, 1.54) is 20.2 Å². The predicted molar refractivity (Wildman–Crippen MR) is 81.6 cm³/mol. The molecule has 1 amide bonds. The Kier molecular flexibility index (Phi) is 4.59. The van der Waals surface area contributed by atoms with Crippen molar-refractivity contribution in [2.45, 2.75) is 6.54 Å². The molecule has 2 rings (SSSR count). The maximum Gasteiger partial charge on any atom is 0.325 e. The van der Waals surface area contributed by atoms with Gasteiger partial charge in [-0.25, -0.2) is 0 Å². The van der Waals surface area contributed by atoms with Gasteiger partial charge < -0.3 is 14.6 Å². The number of rotatable bonds is 4. The Morgan fingerprint density at radius 3 is 2.77 bits per heavy atom. The van der Waals surface area contributed by atoms with E-state index in [2.05, 4.69) is 10.1 Å². The van der Waals surface area contributed by atoms with Gasteiger partial charge in [0.2, 0.25) is 0 Å². The Balaban J connectivity index is 2.55. The van der Waals surface area contributed by atoms with Gasteiger partial charge in [-0.15, -0.1) is 0 Å². The van der Waals surface area contributed by atoms with Gasteiger partial charge in [0.1, 0.15) is 18.2 Å². The Morgan fingerprint density at radius 2 is 2.14 bits per heavy atom. The van der Waals surface area contributed by atoms with Gasteiger partial charge in [0.15, 0.2) is 0 Å². The van der Waals surface area contributed by atoms with Gasteiger partial charge in [-0.05, 0) is 12.1 Å². The molecule has 0 saturated heterocycles. The lowest BCUT2D eigenvalue weighted by Crippen LogP contribution is -2.19. The molecule has 0 aliphatic heterocycles. The molecule has 0 fully saturated rings. The summed E-state index contributed by atoms with van der Waals surface area (Å²) >= 11 is 0.